The van der Waals surface area contributed by atoms with Crippen LogP contribution in [0, 0.1) is 0 Å². The quantitative estimate of drug-likeness (QED) is 0.421. The van der Waals surface area contributed by atoms with Crippen molar-refractivity contribution in [1.29, 1.82) is 0 Å². The van der Waals surface area contributed by atoms with Gasteiger partial charge in [-0.15, -0.1) is 0 Å². The number of nitrogens with zero attached hydrogens (tertiary/aromatic N) is 3. The molecule has 4 rings (SSSR count). The summed E-state index contributed by atoms with van der Waals surface area (Å²) in [5, 5.41) is 4.58. The van der Waals surface area contributed by atoms with Crippen molar-refractivity contribution < 1.29 is 26.3 Å². The van der Waals surface area contributed by atoms with Crippen LogP contribution in [0.3, 0.4) is 0 Å². The van der Waals surface area contributed by atoms with Crippen LogP contribution in [0.15, 0.2) is 54.6 Å². The molecule has 1 aromatic heterocycles. The van der Waals surface area contributed by atoms with E-state index in [9.17, 15) is 21.6 Å². The lowest BCUT2D eigenvalue weighted by atomic mass is 9.93. The summed E-state index contributed by atoms with van der Waals surface area (Å²) >= 11 is 0. The number of alkyl halides is 3. The van der Waals surface area contributed by atoms with Gasteiger partial charge in [-0.2, -0.15) is 35.7 Å². The largest absolute Gasteiger partial charge is 0.439 e. The zero-order valence-electron chi connectivity index (χ0n) is 20.3. The second-order valence-electron chi connectivity index (χ2n) is 9.23. The van der Waals surface area contributed by atoms with E-state index in [0.717, 1.165) is 36.1 Å². The Morgan fingerprint density at radius 2 is 1.67 bits per heavy atom. The highest BCUT2D eigenvalue weighted by molar-refractivity contribution is 7.87. The van der Waals surface area contributed by atoms with Crippen molar-refractivity contribution >= 4 is 10.2 Å². The van der Waals surface area contributed by atoms with Crippen molar-refractivity contribution in [2.24, 2.45) is 0 Å². The third-order valence-corrected chi connectivity index (χ3v) is 7.93. The molecule has 7 nitrogen and oxygen atoms in total. The molecular weight excluding hydrogens is 493 g/mol. The van der Waals surface area contributed by atoms with Crippen LogP contribution in [0.25, 0.3) is 11.3 Å². The predicted octanol–water partition coefficient (Wildman–Crippen LogP) is 5.55. The average Bonchev–Trinajstić information content (AvgIpc) is 3.49. The molecule has 1 N–H and O–H groups in total. The van der Waals surface area contributed by atoms with Gasteiger partial charge in [-0.1, -0.05) is 18.2 Å². The number of aryl methyl sites for hydroxylation is 1. The molecule has 0 radical (unpaired) electrons. The summed E-state index contributed by atoms with van der Waals surface area (Å²) in [6, 6.07) is 13.6. The topological polar surface area (TPSA) is 76.5 Å². The number of hydrogen-bond acceptors (Lipinski definition) is 4. The molecule has 1 aliphatic heterocycles. The van der Waals surface area contributed by atoms with Gasteiger partial charge < -0.3 is 4.74 Å². The van der Waals surface area contributed by atoms with Gasteiger partial charge in [0.05, 0.1) is 16.8 Å². The van der Waals surface area contributed by atoms with E-state index in [2.05, 4.69) is 9.82 Å². The van der Waals surface area contributed by atoms with E-state index in [1.165, 1.54) is 16.4 Å². The van der Waals surface area contributed by atoms with Crippen LogP contribution in [-0.4, -0.2) is 35.6 Å². The first-order valence-electron chi connectivity index (χ1n) is 11.7. The number of hydrogen-bond donors (Lipinski definition) is 1. The molecule has 1 aliphatic rings. The Kier molecular flexibility index (Phi) is 7.18. The molecule has 194 valence electrons. The van der Waals surface area contributed by atoms with Crippen molar-refractivity contribution in [2.45, 2.75) is 51.9 Å². The van der Waals surface area contributed by atoms with E-state index in [1.807, 2.05) is 45.0 Å². The van der Waals surface area contributed by atoms with Gasteiger partial charge >= 0.3 is 6.18 Å². The Hall–Kier alpha value is -2.89. The van der Waals surface area contributed by atoms with E-state index in [-0.39, 0.29) is 5.75 Å². The zero-order valence-corrected chi connectivity index (χ0v) is 21.2. The van der Waals surface area contributed by atoms with Gasteiger partial charge in [0.1, 0.15) is 5.75 Å². The van der Waals surface area contributed by atoms with Crippen LogP contribution in [0.2, 0.25) is 0 Å². The Balaban J connectivity index is 1.57. The highest BCUT2D eigenvalue weighted by Crippen LogP contribution is 2.33. The van der Waals surface area contributed by atoms with Gasteiger partial charge in [-0.3, -0.25) is 0 Å². The lowest BCUT2D eigenvalue weighted by molar-refractivity contribution is -0.137. The minimum atomic E-state index is -4.42. The summed E-state index contributed by atoms with van der Waals surface area (Å²) < 4.78 is 75.9. The van der Waals surface area contributed by atoms with E-state index >= 15 is 0 Å². The van der Waals surface area contributed by atoms with E-state index in [4.69, 9.17) is 4.74 Å². The SMILES string of the molecule is CCn1nc(-c2cccc(C(C)(C)NS(=O)(=O)N3CCCC3)c2)cc1Oc1ccc(C(F)(F)F)cc1. The molecule has 1 fully saturated rings. The monoisotopic (exact) mass is 522 g/mol. The summed E-state index contributed by atoms with van der Waals surface area (Å²) in [6.45, 7) is 7.01. The third kappa shape index (κ3) is 5.74. The molecule has 0 spiro atoms. The lowest BCUT2D eigenvalue weighted by Crippen LogP contribution is -2.47. The van der Waals surface area contributed by atoms with Gasteiger partial charge in [-0.05, 0) is 69.5 Å². The molecule has 2 aromatic carbocycles. The summed E-state index contributed by atoms with van der Waals surface area (Å²) in [7, 11) is -3.62. The van der Waals surface area contributed by atoms with Crippen LogP contribution < -0.4 is 9.46 Å². The Morgan fingerprint density at radius 3 is 2.28 bits per heavy atom. The molecule has 0 unspecified atom stereocenters. The lowest BCUT2D eigenvalue weighted by Gasteiger charge is -2.29. The van der Waals surface area contributed by atoms with E-state index in [0.29, 0.717) is 31.2 Å². The van der Waals surface area contributed by atoms with Crippen LogP contribution in [0.4, 0.5) is 13.2 Å². The highest BCUT2D eigenvalue weighted by atomic mass is 32.2. The van der Waals surface area contributed by atoms with E-state index in [1.54, 1.807) is 10.7 Å². The predicted molar refractivity (Wildman–Crippen MR) is 131 cm³/mol. The molecule has 0 bridgehead atoms. The maximum Gasteiger partial charge on any atom is 0.416 e. The maximum absolute atomic E-state index is 12.8. The second kappa shape index (κ2) is 9.87. The Bertz CT molecular complexity index is 1310. The molecule has 1 saturated heterocycles. The highest BCUT2D eigenvalue weighted by Gasteiger charge is 2.33. The number of ether oxygens (including phenoxy) is 1. The summed E-state index contributed by atoms with van der Waals surface area (Å²) in [5.41, 5.74) is 0.493. The number of rotatable bonds is 8. The second-order valence-corrected chi connectivity index (χ2v) is 10.9. The fourth-order valence-electron chi connectivity index (χ4n) is 4.12. The van der Waals surface area contributed by atoms with Crippen molar-refractivity contribution in [3.63, 3.8) is 0 Å². The van der Waals surface area contributed by atoms with Crippen molar-refractivity contribution in [1.82, 2.24) is 18.8 Å². The first-order chi connectivity index (χ1) is 16.9. The number of aromatic nitrogens is 2. The Morgan fingerprint density at radius 1 is 1.00 bits per heavy atom. The van der Waals surface area contributed by atoms with Crippen LogP contribution in [0.1, 0.15) is 44.7 Å². The van der Waals surface area contributed by atoms with Gasteiger partial charge in [0, 0.05) is 31.3 Å². The molecule has 0 saturated carbocycles. The first-order valence-corrected chi connectivity index (χ1v) is 13.2. The molecule has 0 amide bonds. The molecule has 0 aliphatic carbocycles. The van der Waals surface area contributed by atoms with Crippen molar-refractivity contribution in [2.75, 3.05) is 13.1 Å². The van der Waals surface area contributed by atoms with Gasteiger partial charge in [0.15, 0.2) is 0 Å². The number of halogens is 3. The summed E-state index contributed by atoms with van der Waals surface area (Å²) in [4.78, 5) is 0. The van der Waals surface area contributed by atoms with Gasteiger partial charge in [0.25, 0.3) is 10.2 Å². The molecule has 11 heteroatoms. The molecule has 2 heterocycles. The molecule has 0 atom stereocenters. The standard InChI is InChI=1S/C25H29F3N4O3S/c1-4-32-23(35-21-12-10-19(11-13-21)25(26,27)28)17-22(29-32)18-8-7-9-20(16-18)24(2,3)30-36(33,34)31-14-5-6-15-31/h7-13,16-17,30H,4-6,14-15H2,1-3H3. The zero-order chi connectivity index (χ0) is 26.1. The van der Waals surface area contributed by atoms with Gasteiger partial charge in [0.2, 0.25) is 5.88 Å². The average molecular weight is 523 g/mol. The summed E-state index contributed by atoms with van der Waals surface area (Å²) in [5.74, 6) is 0.641. The minimum Gasteiger partial charge on any atom is -0.439 e. The fourth-order valence-corrected chi connectivity index (χ4v) is 5.75. The normalized spacial score (nSPS) is 15.4. The fraction of sp³-hybridized carbons (Fsp3) is 0.400. The third-order valence-electron chi connectivity index (χ3n) is 6.12. The Labute approximate surface area is 209 Å². The van der Waals surface area contributed by atoms with Gasteiger partial charge in [-0.25, -0.2) is 4.68 Å². The maximum atomic E-state index is 12.8. The van der Waals surface area contributed by atoms with Crippen molar-refractivity contribution in [3.8, 4) is 22.9 Å². The minimum absolute atomic E-state index is 0.260. The molecular formula is C25H29F3N4O3S. The van der Waals surface area contributed by atoms with Crippen molar-refractivity contribution in [3.05, 3.63) is 65.7 Å². The van der Waals surface area contributed by atoms with Crippen LogP contribution >= 0.6 is 0 Å². The number of nitrogens with one attached hydrogen (secondary N) is 1. The number of benzene rings is 2. The molecule has 36 heavy (non-hydrogen) atoms. The smallest absolute Gasteiger partial charge is 0.416 e. The molecule has 3 aromatic rings. The summed E-state index contributed by atoms with van der Waals surface area (Å²) in [6.07, 6.45) is -2.71. The van der Waals surface area contributed by atoms with Crippen LogP contribution in [0.5, 0.6) is 11.6 Å². The first kappa shape index (κ1) is 26.2. The van der Waals surface area contributed by atoms with Crippen LogP contribution in [-0.2, 0) is 28.5 Å². The van der Waals surface area contributed by atoms with E-state index < -0.39 is 27.5 Å².